The molecule has 0 atom stereocenters. The molecule has 0 aliphatic rings. The number of nitro benzene ring substituents is 1. The highest BCUT2D eigenvalue weighted by molar-refractivity contribution is 7.92. The van der Waals surface area contributed by atoms with Crippen LogP contribution in [0.5, 0.6) is 0 Å². The zero-order chi connectivity index (χ0) is 19.6. The Hall–Kier alpha value is -3.08. The number of nitrogens with zero attached hydrogens (tertiary/aromatic N) is 1. The zero-order valence-corrected chi connectivity index (χ0v) is 14.4. The van der Waals surface area contributed by atoms with Gasteiger partial charge in [0.2, 0.25) is 11.7 Å². The standard InChI is InChI=1S/C15H13F2N3O5S/c1-8-5-12(17)14(20(22)23)7-15(8)26(24,25)19-10-3-4-11(16)13(6-10)18-9(2)21/h3-7,19H,1-2H3,(H,18,21). The highest BCUT2D eigenvalue weighted by Gasteiger charge is 2.24. The first-order valence-electron chi connectivity index (χ1n) is 7.06. The maximum Gasteiger partial charge on any atom is 0.306 e. The summed E-state index contributed by atoms with van der Waals surface area (Å²) in [5, 5.41) is 13.0. The molecule has 0 saturated carbocycles. The Morgan fingerprint density at radius 1 is 1.15 bits per heavy atom. The smallest absolute Gasteiger partial charge is 0.306 e. The fraction of sp³-hybridized carbons (Fsp3) is 0.133. The second-order valence-electron chi connectivity index (χ2n) is 5.31. The van der Waals surface area contributed by atoms with Crippen LogP contribution in [0.2, 0.25) is 0 Å². The van der Waals surface area contributed by atoms with Gasteiger partial charge in [-0.3, -0.25) is 19.6 Å². The van der Waals surface area contributed by atoms with E-state index >= 15 is 0 Å². The fourth-order valence-electron chi connectivity index (χ4n) is 2.16. The van der Waals surface area contributed by atoms with Crippen LogP contribution in [-0.2, 0) is 14.8 Å². The minimum Gasteiger partial charge on any atom is -0.324 e. The molecule has 2 aromatic carbocycles. The predicted octanol–water partition coefficient (Wildman–Crippen LogP) is 2.94. The molecule has 0 heterocycles. The number of nitrogens with one attached hydrogen (secondary N) is 2. The molecule has 1 amide bonds. The lowest BCUT2D eigenvalue weighted by Crippen LogP contribution is -2.16. The highest BCUT2D eigenvalue weighted by Crippen LogP contribution is 2.28. The summed E-state index contributed by atoms with van der Waals surface area (Å²) >= 11 is 0. The Morgan fingerprint density at radius 3 is 2.38 bits per heavy atom. The number of carbonyl (C=O) groups excluding carboxylic acids is 1. The largest absolute Gasteiger partial charge is 0.324 e. The van der Waals surface area contributed by atoms with Crippen LogP contribution in [0.15, 0.2) is 35.2 Å². The van der Waals surface area contributed by atoms with Crippen LogP contribution in [0.4, 0.5) is 25.8 Å². The molecule has 11 heteroatoms. The van der Waals surface area contributed by atoms with Crippen molar-refractivity contribution in [2.45, 2.75) is 18.7 Å². The van der Waals surface area contributed by atoms with Gasteiger partial charge in [-0.25, -0.2) is 12.8 Å². The molecule has 0 aliphatic carbocycles. The van der Waals surface area contributed by atoms with Gasteiger partial charge in [0.05, 0.1) is 21.2 Å². The number of hydrogen-bond donors (Lipinski definition) is 2. The number of rotatable bonds is 5. The molecule has 0 aromatic heterocycles. The molecule has 0 radical (unpaired) electrons. The van der Waals surface area contributed by atoms with E-state index in [4.69, 9.17) is 0 Å². The third kappa shape index (κ3) is 4.11. The van der Waals surface area contributed by atoms with E-state index in [1.807, 2.05) is 0 Å². The molecule has 26 heavy (non-hydrogen) atoms. The third-order valence-corrected chi connectivity index (χ3v) is 4.78. The van der Waals surface area contributed by atoms with Crippen molar-refractivity contribution < 1.29 is 26.9 Å². The average molecular weight is 385 g/mol. The molecule has 0 saturated heterocycles. The van der Waals surface area contributed by atoms with Gasteiger partial charge in [0.15, 0.2) is 0 Å². The van der Waals surface area contributed by atoms with E-state index in [2.05, 4.69) is 10.0 Å². The molecule has 2 N–H and O–H groups in total. The van der Waals surface area contributed by atoms with Crippen molar-refractivity contribution in [3.8, 4) is 0 Å². The van der Waals surface area contributed by atoms with Crippen LogP contribution >= 0.6 is 0 Å². The maximum absolute atomic E-state index is 13.6. The van der Waals surface area contributed by atoms with E-state index in [0.717, 1.165) is 31.2 Å². The van der Waals surface area contributed by atoms with Crippen LogP contribution in [-0.4, -0.2) is 19.2 Å². The summed E-state index contributed by atoms with van der Waals surface area (Å²) in [4.78, 5) is 20.3. The summed E-state index contributed by atoms with van der Waals surface area (Å²) in [6.45, 7) is 2.42. The van der Waals surface area contributed by atoms with Gasteiger partial charge < -0.3 is 5.32 Å². The van der Waals surface area contributed by atoms with Gasteiger partial charge in [0.1, 0.15) is 5.82 Å². The van der Waals surface area contributed by atoms with Crippen LogP contribution in [0.1, 0.15) is 12.5 Å². The Morgan fingerprint density at radius 2 is 1.81 bits per heavy atom. The monoisotopic (exact) mass is 385 g/mol. The van der Waals surface area contributed by atoms with Gasteiger partial charge >= 0.3 is 5.69 Å². The normalized spacial score (nSPS) is 11.1. The maximum atomic E-state index is 13.6. The topological polar surface area (TPSA) is 118 Å². The fourth-order valence-corrected chi connectivity index (χ4v) is 3.45. The number of sulfonamides is 1. The van der Waals surface area contributed by atoms with Crippen LogP contribution in [0, 0.1) is 28.7 Å². The molecule has 0 fully saturated rings. The number of benzene rings is 2. The van der Waals surface area contributed by atoms with Crippen molar-refractivity contribution in [1.29, 1.82) is 0 Å². The number of hydrogen-bond acceptors (Lipinski definition) is 5. The van der Waals surface area contributed by atoms with E-state index in [-0.39, 0.29) is 16.9 Å². The number of halogens is 2. The van der Waals surface area contributed by atoms with E-state index in [9.17, 15) is 32.1 Å². The van der Waals surface area contributed by atoms with E-state index < -0.39 is 43.1 Å². The predicted molar refractivity (Wildman–Crippen MR) is 89.3 cm³/mol. The number of aryl methyl sites for hydroxylation is 1. The Balaban J connectivity index is 2.45. The van der Waals surface area contributed by atoms with E-state index in [1.54, 1.807) is 0 Å². The molecule has 0 unspecified atom stereocenters. The molecular formula is C15H13F2N3O5S. The van der Waals surface area contributed by atoms with Gasteiger partial charge in [0.25, 0.3) is 10.0 Å². The lowest BCUT2D eigenvalue weighted by molar-refractivity contribution is -0.387. The number of amides is 1. The van der Waals surface area contributed by atoms with Crippen LogP contribution in [0.3, 0.4) is 0 Å². The molecule has 2 rings (SSSR count). The summed E-state index contributed by atoms with van der Waals surface area (Å²) < 4.78 is 54.3. The van der Waals surface area contributed by atoms with E-state index in [0.29, 0.717) is 6.07 Å². The molecule has 2 aromatic rings. The molecule has 0 aliphatic heterocycles. The van der Waals surface area contributed by atoms with Crippen molar-refractivity contribution in [3.63, 3.8) is 0 Å². The molecular weight excluding hydrogens is 372 g/mol. The molecule has 0 spiro atoms. The van der Waals surface area contributed by atoms with Gasteiger partial charge in [-0.1, -0.05) is 0 Å². The highest BCUT2D eigenvalue weighted by atomic mass is 32.2. The Bertz CT molecular complexity index is 1010. The SMILES string of the molecule is CC(=O)Nc1cc(NS(=O)(=O)c2cc([N+](=O)[O-])c(F)cc2C)ccc1F. The number of nitro groups is 1. The minimum atomic E-state index is -4.33. The molecule has 8 nitrogen and oxygen atoms in total. The Kier molecular flexibility index (Phi) is 5.21. The molecule has 0 bridgehead atoms. The first-order valence-corrected chi connectivity index (χ1v) is 8.54. The van der Waals surface area contributed by atoms with Gasteiger partial charge in [-0.15, -0.1) is 0 Å². The van der Waals surface area contributed by atoms with E-state index in [1.165, 1.54) is 6.92 Å². The first-order chi connectivity index (χ1) is 12.0. The second kappa shape index (κ2) is 7.04. The molecule has 138 valence electrons. The minimum absolute atomic E-state index is 0.0511. The Labute approximate surface area is 147 Å². The number of carbonyl (C=O) groups is 1. The van der Waals surface area contributed by atoms with Crippen molar-refractivity contribution >= 4 is 33.0 Å². The quantitative estimate of drug-likeness (QED) is 0.606. The second-order valence-corrected chi connectivity index (χ2v) is 6.96. The summed E-state index contributed by atoms with van der Waals surface area (Å²) in [5.41, 5.74) is -1.39. The lowest BCUT2D eigenvalue weighted by Gasteiger charge is -2.12. The lowest BCUT2D eigenvalue weighted by atomic mass is 10.2. The third-order valence-electron chi connectivity index (χ3n) is 3.26. The average Bonchev–Trinajstić information content (AvgIpc) is 2.49. The van der Waals surface area contributed by atoms with Crippen LogP contribution < -0.4 is 10.0 Å². The van der Waals surface area contributed by atoms with Crippen molar-refractivity contribution in [3.05, 3.63) is 57.6 Å². The van der Waals surface area contributed by atoms with Crippen molar-refractivity contribution in [1.82, 2.24) is 0 Å². The van der Waals surface area contributed by atoms with Gasteiger partial charge in [0, 0.05) is 13.0 Å². The van der Waals surface area contributed by atoms with Crippen LogP contribution in [0.25, 0.3) is 0 Å². The van der Waals surface area contributed by atoms with Crippen molar-refractivity contribution in [2.24, 2.45) is 0 Å². The van der Waals surface area contributed by atoms with Crippen molar-refractivity contribution in [2.75, 3.05) is 10.0 Å². The summed E-state index contributed by atoms with van der Waals surface area (Å²) in [6.07, 6.45) is 0. The number of anilines is 2. The summed E-state index contributed by atoms with van der Waals surface area (Å²) in [7, 11) is -4.33. The zero-order valence-electron chi connectivity index (χ0n) is 13.5. The first kappa shape index (κ1) is 19.2. The van der Waals surface area contributed by atoms with Gasteiger partial charge in [-0.05, 0) is 36.8 Å². The van der Waals surface area contributed by atoms with Gasteiger partial charge in [-0.2, -0.15) is 4.39 Å². The summed E-state index contributed by atoms with van der Waals surface area (Å²) in [5.74, 6) is -2.51. The summed E-state index contributed by atoms with van der Waals surface area (Å²) in [6, 6.07) is 4.42.